The molecule has 150 valence electrons. The number of hydrogen-bond acceptors (Lipinski definition) is 4. The van der Waals surface area contributed by atoms with Crippen molar-refractivity contribution in [2.24, 2.45) is 0 Å². The van der Waals surface area contributed by atoms with E-state index in [1.165, 1.54) is 18.2 Å². The number of benzene rings is 1. The van der Waals surface area contributed by atoms with E-state index in [0.717, 1.165) is 12.1 Å². The van der Waals surface area contributed by atoms with Gasteiger partial charge in [-0.25, -0.2) is 9.37 Å². The van der Waals surface area contributed by atoms with Crippen molar-refractivity contribution < 1.29 is 31.9 Å². The molecule has 1 aromatic carbocycles. The highest BCUT2D eigenvalue weighted by Gasteiger charge is 2.32. The molecule has 10 heteroatoms. The minimum absolute atomic E-state index is 0.161. The van der Waals surface area contributed by atoms with Crippen molar-refractivity contribution in [3.63, 3.8) is 0 Å². The molecule has 0 radical (unpaired) electrons. The van der Waals surface area contributed by atoms with Crippen molar-refractivity contribution in [1.29, 1.82) is 0 Å². The molecule has 2 amide bonds. The van der Waals surface area contributed by atoms with E-state index in [4.69, 9.17) is 0 Å². The minimum atomic E-state index is -5.03. The Hall–Kier alpha value is -3.17. The van der Waals surface area contributed by atoms with Gasteiger partial charge in [0.05, 0.1) is 0 Å². The van der Waals surface area contributed by atoms with Crippen LogP contribution in [-0.2, 0) is 11.3 Å². The molecule has 0 unspecified atom stereocenters. The molecular formula is C18H17F4N3O3. The zero-order chi connectivity index (χ0) is 20.9. The van der Waals surface area contributed by atoms with E-state index in [9.17, 15) is 27.2 Å². The van der Waals surface area contributed by atoms with Crippen LogP contribution in [-0.4, -0.2) is 23.2 Å². The van der Waals surface area contributed by atoms with Crippen LogP contribution in [0.25, 0.3) is 0 Å². The third-order valence-electron chi connectivity index (χ3n) is 3.48. The highest BCUT2D eigenvalue weighted by Crippen LogP contribution is 2.26. The molecular weight excluding hydrogens is 382 g/mol. The number of amides is 2. The van der Waals surface area contributed by atoms with E-state index < -0.39 is 23.8 Å². The molecule has 0 aliphatic carbocycles. The number of nitrogens with zero attached hydrogens (tertiary/aromatic N) is 1. The molecule has 2 aromatic rings. The van der Waals surface area contributed by atoms with E-state index in [1.54, 1.807) is 13.8 Å². The second-order valence-electron chi connectivity index (χ2n) is 5.78. The lowest BCUT2D eigenvalue weighted by Gasteiger charge is -2.12. The van der Waals surface area contributed by atoms with Gasteiger partial charge in [-0.3, -0.25) is 9.59 Å². The SMILES string of the molecule is CCC(=O)Nc1cc(C(=O)NCc2ccc(F)c(OC(F)(F)F)c2)cc(C)n1. The van der Waals surface area contributed by atoms with Crippen molar-refractivity contribution >= 4 is 17.6 Å². The first-order valence-electron chi connectivity index (χ1n) is 8.18. The van der Waals surface area contributed by atoms with Crippen LogP contribution in [0.5, 0.6) is 5.75 Å². The van der Waals surface area contributed by atoms with Crippen molar-refractivity contribution in [1.82, 2.24) is 10.3 Å². The Labute approximate surface area is 157 Å². The van der Waals surface area contributed by atoms with E-state index >= 15 is 0 Å². The van der Waals surface area contributed by atoms with Crippen LogP contribution in [0.4, 0.5) is 23.4 Å². The number of carbonyl (C=O) groups is 2. The van der Waals surface area contributed by atoms with Crippen LogP contribution < -0.4 is 15.4 Å². The maximum atomic E-state index is 13.4. The van der Waals surface area contributed by atoms with Gasteiger partial charge in [-0.15, -0.1) is 13.2 Å². The number of alkyl halides is 3. The fourth-order valence-corrected chi connectivity index (χ4v) is 2.24. The summed E-state index contributed by atoms with van der Waals surface area (Å²) >= 11 is 0. The Morgan fingerprint density at radius 3 is 2.54 bits per heavy atom. The number of halogens is 4. The molecule has 2 N–H and O–H groups in total. The van der Waals surface area contributed by atoms with Gasteiger partial charge in [0, 0.05) is 24.2 Å². The highest BCUT2D eigenvalue weighted by molar-refractivity contribution is 5.96. The van der Waals surface area contributed by atoms with Crippen molar-refractivity contribution in [2.45, 2.75) is 33.2 Å². The van der Waals surface area contributed by atoms with Gasteiger partial charge in [-0.05, 0) is 36.8 Å². The number of pyridine rings is 1. The lowest BCUT2D eigenvalue weighted by Crippen LogP contribution is -2.24. The number of hydrogen-bond donors (Lipinski definition) is 2. The molecule has 0 atom stereocenters. The lowest BCUT2D eigenvalue weighted by molar-refractivity contribution is -0.275. The van der Waals surface area contributed by atoms with Crippen molar-refractivity contribution in [3.05, 3.63) is 53.0 Å². The number of anilines is 1. The molecule has 1 heterocycles. The van der Waals surface area contributed by atoms with Crippen molar-refractivity contribution in [2.75, 3.05) is 5.32 Å². The summed E-state index contributed by atoms with van der Waals surface area (Å²) in [6.07, 6.45) is -4.79. The summed E-state index contributed by atoms with van der Waals surface area (Å²) in [5.41, 5.74) is 0.897. The zero-order valence-electron chi connectivity index (χ0n) is 15.0. The Kier molecular flexibility index (Phi) is 6.55. The van der Waals surface area contributed by atoms with Gasteiger partial charge in [-0.1, -0.05) is 13.0 Å². The monoisotopic (exact) mass is 399 g/mol. The Balaban J connectivity index is 2.10. The van der Waals surface area contributed by atoms with Crippen LogP contribution in [0.15, 0.2) is 30.3 Å². The second-order valence-corrected chi connectivity index (χ2v) is 5.78. The smallest absolute Gasteiger partial charge is 0.403 e. The maximum Gasteiger partial charge on any atom is 0.573 e. The summed E-state index contributed by atoms with van der Waals surface area (Å²) in [6, 6.07) is 5.76. The molecule has 0 saturated carbocycles. The summed E-state index contributed by atoms with van der Waals surface area (Å²) in [7, 11) is 0. The first-order chi connectivity index (χ1) is 13.1. The molecule has 0 bridgehead atoms. The molecule has 0 saturated heterocycles. The summed E-state index contributed by atoms with van der Waals surface area (Å²) in [6.45, 7) is 3.14. The van der Waals surface area contributed by atoms with Gasteiger partial charge in [0.1, 0.15) is 5.82 Å². The largest absolute Gasteiger partial charge is 0.573 e. The van der Waals surface area contributed by atoms with E-state index in [0.29, 0.717) is 5.69 Å². The van der Waals surface area contributed by atoms with Gasteiger partial charge in [0.2, 0.25) is 5.91 Å². The van der Waals surface area contributed by atoms with Gasteiger partial charge in [0.25, 0.3) is 5.91 Å². The number of nitrogens with one attached hydrogen (secondary N) is 2. The van der Waals surface area contributed by atoms with E-state index in [1.807, 2.05) is 0 Å². The highest BCUT2D eigenvalue weighted by atomic mass is 19.4. The van der Waals surface area contributed by atoms with Gasteiger partial charge in [0.15, 0.2) is 11.6 Å². The van der Waals surface area contributed by atoms with Crippen LogP contribution in [0.1, 0.15) is 35.0 Å². The maximum absolute atomic E-state index is 13.4. The Morgan fingerprint density at radius 1 is 1.18 bits per heavy atom. The molecule has 1 aromatic heterocycles. The lowest BCUT2D eigenvalue weighted by atomic mass is 10.1. The fraction of sp³-hybridized carbons (Fsp3) is 0.278. The quantitative estimate of drug-likeness (QED) is 0.726. The molecule has 0 aliphatic rings. The number of aryl methyl sites for hydroxylation is 1. The second kappa shape index (κ2) is 8.68. The predicted molar refractivity (Wildman–Crippen MR) is 92.1 cm³/mol. The summed E-state index contributed by atoms with van der Waals surface area (Å²) in [5, 5.41) is 5.05. The summed E-state index contributed by atoms with van der Waals surface area (Å²) in [4.78, 5) is 27.9. The summed E-state index contributed by atoms with van der Waals surface area (Å²) < 4.78 is 53.9. The third-order valence-corrected chi connectivity index (χ3v) is 3.48. The number of rotatable bonds is 6. The molecule has 0 spiro atoms. The van der Waals surface area contributed by atoms with Crippen LogP contribution >= 0.6 is 0 Å². The van der Waals surface area contributed by atoms with Crippen LogP contribution in [0.2, 0.25) is 0 Å². The summed E-state index contributed by atoms with van der Waals surface area (Å²) in [5.74, 6) is -2.76. The van der Waals surface area contributed by atoms with Crippen molar-refractivity contribution in [3.8, 4) is 5.75 Å². The molecule has 0 fully saturated rings. The number of carbonyl (C=O) groups excluding carboxylic acids is 2. The van der Waals surface area contributed by atoms with Crippen LogP contribution in [0, 0.1) is 12.7 Å². The first-order valence-corrected chi connectivity index (χ1v) is 8.18. The molecule has 0 aliphatic heterocycles. The standard InChI is InChI=1S/C18H17F4N3O3/c1-3-16(26)25-15-8-12(6-10(2)24-15)17(27)23-9-11-4-5-13(19)14(7-11)28-18(20,21)22/h4-8H,3,9H2,1-2H3,(H,23,27)(H,24,25,26). The fourth-order valence-electron chi connectivity index (χ4n) is 2.24. The van der Waals surface area contributed by atoms with E-state index in [2.05, 4.69) is 20.4 Å². The van der Waals surface area contributed by atoms with Crippen LogP contribution in [0.3, 0.4) is 0 Å². The number of aromatic nitrogens is 1. The zero-order valence-corrected chi connectivity index (χ0v) is 15.0. The van der Waals surface area contributed by atoms with Gasteiger partial charge in [-0.2, -0.15) is 0 Å². The van der Waals surface area contributed by atoms with Gasteiger partial charge >= 0.3 is 6.36 Å². The topological polar surface area (TPSA) is 80.3 Å². The number of ether oxygens (including phenoxy) is 1. The Bertz CT molecular complexity index is 885. The van der Waals surface area contributed by atoms with E-state index in [-0.39, 0.29) is 35.8 Å². The molecule has 6 nitrogen and oxygen atoms in total. The minimum Gasteiger partial charge on any atom is -0.403 e. The Morgan fingerprint density at radius 2 is 1.89 bits per heavy atom. The average Bonchev–Trinajstić information content (AvgIpc) is 2.60. The third kappa shape index (κ3) is 6.22. The van der Waals surface area contributed by atoms with Gasteiger partial charge < -0.3 is 15.4 Å². The molecule has 28 heavy (non-hydrogen) atoms. The predicted octanol–water partition coefficient (Wildman–Crippen LogP) is 3.71. The first kappa shape index (κ1) is 21.1. The average molecular weight is 399 g/mol. The normalized spacial score (nSPS) is 11.1. The molecule has 2 rings (SSSR count).